The molecule has 1 aromatic carbocycles. The van der Waals surface area contributed by atoms with E-state index in [9.17, 15) is 5.11 Å². The standard InChI is InChI=1S/C12H11O.C5H5.Fe/c13-12(11-8-4-5-9-11)10-6-2-1-3-7-10;1-2-4-5-3-1;/h1-9,12-13H;1-5H;/q;;+2/t12-;;/m1../s1. The van der Waals surface area contributed by atoms with E-state index in [2.05, 4.69) is 0 Å². The topological polar surface area (TPSA) is 20.2 Å². The molecule has 1 nitrogen and oxygen atoms in total. The molecule has 2 aliphatic rings. The second kappa shape index (κ2) is 9.58. The maximum Gasteiger partial charge on any atom is 2.00 e. The molecule has 1 aromatic rings. The van der Waals surface area contributed by atoms with E-state index in [1.165, 1.54) is 0 Å². The summed E-state index contributed by atoms with van der Waals surface area (Å²) in [7, 11) is 0. The minimum atomic E-state index is -0.490. The Morgan fingerprint density at radius 1 is 0.684 bits per heavy atom. The van der Waals surface area contributed by atoms with Gasteiger partial charge in [-0.3, -0.25) is 0 Å². The summed E-state index contributed by atoms with van der Waals surface area (Å²) in [4.78, 5) is 0. The first-order chi connectivity index (χ1) is 8.88. The van der Waals surface area contributed by atoms with Crippen LogP contribution in [-0.4, -0.2) is 5.11 Å². The van der Waals surface area contributed by atoms with Gasteiger partial charge in [-0.1, -0.05) is 30.3 Å². The van der Waals surface area contributed by atoms with Gasteiger partial charge in [0.05, 0.1) is 6.10 Å². The summed E-state index contributed by atoms with van der Waals surface area (Å²) in [6, 6.07) is 9.67. The van der Waals surface area contributed by atoms with E-state index in [0.29, 0.717) is 0 Å². The third-order valence-corrected chi connectivity index (χ3v) is 2.68. The van der Waals surface area contributed by atoms with E-state index < -0.39 is 6.10 Å². The minimum Gasteiger partial charge on any atom is -0.388 e. The Balaban J connectivity index is 0.000000256. The van der Waals surface area contributed by atoms with Gasteiger partial charge < -0.3 is 5.11 Å². The van der Waals surface area contributed by atoms with Crippen molar-refractivity contribution < 1.29 is 22.2 Å². The molecule has 0 unspecified atom stereocenters. The second-order valence-electron chi connectivity index (χ2n) is 3.99. The molecule has 0 aliphatic heterocycles. The van der Waals surface area contributed by atoms with Crippen molar-refractivity contribution in [3.8, 4) is 0 Å². The summed E-state index contributed by atoms with van der Waals surface area (Å²) in [6.07, 6.45) is 17.2. The number of aliphatic hydroxyl groups excluding tert-OH is 1. The van der Waals surface area contributed by atoms with Crippen molar-refractivity contribution in [3.63, 3.8) is 0 Å². The van der Waals surface area contributed by atoms with Crippen LogP contribution < -0.4 is 0 Å². The SMILES string of the molecule is O[C@@H]([C]1[CH][CH][CH][CH]1)c1ccccc1.[CH]1[CH][CH][CH][CH]1.[Fe+2]. The molecule has 2 heteroatoms. The van der Waals surface area contributed by atoms with Crippen molar-refractivity contribution >= 4 is 0 Å². The number of rotatable bonds is 2. The van der Waals surface area contributed by atoms with Crippen molar-refractivity contribution in [2.75, 3.05) is 0 Å². The average Bonchev–Trinajstić information content (AvgIpc) is 3.14. The van der Waals surface area contributed by atoms with Crippen molar-refractivity contribution in [1.82, 2.24) is 0 Å². The minimum absolute atomic E-state index is 0. The van der Waals surface area contributed by atoms with Crippen LogP contribution in [0.3, 0.4) is 0 Å². The molecule has 2 fully saturated rings. The summed E-state index contributed by atoms with van der Waals surface area (Å²) in [5.74, 6) is 0.950. The van der Waals surface area contributed by atoms with Crippen molar-refractivity contribution in [2.45, 2.75) is 6.10 Å². The van der Waals surface area contributed by atoms with E-state index in [-0.39, 0.29) is 17.1 Å². The summed E-state index contributed by atoms with van der Waals surface area (Å²) < 4.78 is 0. The van der Waals surface area contributed by atoms with Gasteiger partial charge in [-0.15, -0.1) is 0 Å². The van der Waals surface area contributed by atoms with E-state index in [1.54, 1.807) is 0 Å². The molecule has 10 radical (unpaired) electrons. The second-order valence-corrected chi connectivity index (χ2v) is 3.99. The van der Waals surface area contributed by atoms with Crippen molar-refractivity contribution in [2.24, 2.45) is 0 Å². The smallest absolute Gasteiger partial charge is 0.388 e. The van der Waals surface area contributed by atoms with E-state index in [1.807, 2.05) is 88.1 Å². The van der Waals surface area contributed by atoms with E-state index >= 15 is 0 Å². The van der Waals surface area contributed by atoms with Gasteiger partial charge >= 0.3 is 17.1 Å². The summed E-state index contributed by atoms with van der Waals surface area (Å²) in [5.41, 5.74) is 0.939. The Morgan fingerprint density at radius 3 is 1.63 bits per heavy atom. The Hall–Kier alpha value is -0.301. The van der Waals surface area contributed by atoms with Gasteiger partial charge in [0.2, 0.25) is 0 Å². The zero-order valence-electron chi connectivity index (χ0n) is 10.5. The predicted molar refractivity (Wildman–Crippen MR) is 73.3 cm³/mol. The van der Waals surface area contributed by atoms with Crippen molar-refractivity contribution in [1.29, 1.82) is 0 Å². The van der Waals surface area contributed by atoms with Crippen LogP contribution in [0.2, 0.25) is 0 Å². The summed E-state index contributed by atoms with van der Waals surface area (Å²) >= 11 is 0. The first-order valence-corrected chi connectivity index (χ1v) is 5.99. The Morgan fingerprint density at radius 2 is 1.16 bits per heavy atom. The molecule has 0 bridgehead atoms. The monoisotopic (exact) mass is 292 g/mol. The summed E-state index contributed by atoms with van der Waals surface area (Å²) in [6.45, 7) is 0. The van der Waals surface area contributed by atoms with Crippen LogP contribution in [0.15, 0.2) is 30.3 Å². The normalized spacial score (nSPS) is 20.3. The molecule has 1 atom stereocenters. The fourth-order valence-corrected chi connectivity index (χ4v) is 1.72. The Labute approximate surface area is 128 Å². The van der Waals surface area contributed by atoms with Gasteiger partial charge in [0.1, 0.15) is 0 Å². The largest absolute Gasteiger partial charge is 2.00 e. The van der Waals surface area contributed by atoms with Crippen LogP contribution in [0, 0.1) is 63.7 Å². The van der Waals surface area contributed by atoms with Crippen molar-refractivity contribution in [3.05, 3.63) is 99.6 Å². The van der Waals surface area contributed by atoms with Gasteiger partial charge in [-0.25, -0.2) is 0 Å². The number of benzene rings is 1. The fraction of sp³-hybridized carbons (Fsp3) is 0.0588. The quantitative estimate of drug-likeness (QED) is 0.830. The molecule has 96 valence electrons. The van der Waals surface area contributed by atoms with Crippen LogP contribution >= 0.6 is 0 Å². The Kier molecular flexibility index (Phi) is 8.45. The molecule has 2 saturated carbocycles. The summed E-state index contributed by atoms with van der Waals surface area (Å²) in [5, 5.41) is 9.88. The molecule has 0 amide bonds. The maximum absolute atomic E-state index is 9.88. The molecule has 0 aromatic heterocycles. The number of hydrogen-bond donors (Lipinski definition) is 1. The molecule has 0 saturated heterocycles. The average molecular weight is 292 g/mol. The molecule has 19 heavy (non-hydrogen) atoms. The first kappa shape index (κ1) is 16.8. The molecule has 0 spiro atoms. The van der Waals surface area contributed by atoms with Gasteiger partial charge in [-0.05, 0) is 63.4 Å². The van der Waals surface area contributed by atoms with E-state index in [4.69, 9.17) is 0 Å². The molecular weight excluding hydrogens is 276 g/mol. The zero-order chi connectivity index (χ0) is 12.6. The van der Waals surface area contributed by atoms with Crippen LogP contribution in [0.5, 0.6) is 0 Å². The van der Waals surface area contributed by atoms with Crippen LogP contribution in [0.25, 0.3) is 0 Å². The molecule has 1 N–H and O–H groups in total. The number of hydrogen-bond acceptors (Lipinski definition) is 1. The molecular formula is C17H16FeO+2. The van der Waals surface area contributed by atoms with Crippen LogP contribution in [0.4, 0.5) is 0 Å². The van der Waals surface area contributed by atoms with Crippen LogP contribution in [-0.2, 0) is 17.1 Å². The Bertz CT molecular complexity index is 308. The van der Waals surface area contributed by atoms with Gasteiger partial charge in [-0.2, -0.15) is 0 Å². The van der Waals surface area contributed by atoms with Gasteiger partial charge in [0, 0.05) is 5.92 Å². The van der Waals surface area contributed by atoms with Gasteiger partial charge in [0.15, 0.2) is 0 Å². The van der Waals surface area contributed by atoms with Crippen LogP contribution in [0.1, 0.15) is 11.7 Å². The predicted octanol–water partition coefficient (Wildman–Crippen LogP) is 3.14. The molecule has 3 rings (SSSR count). The van der Waals surface area contributed by atoms with Gasteiger partial charge in [0.25, 0.3) is 0 Å². The third-order valence-electron chi connectivity index (χ3n) is 2.68. The molecule has 2 aliphatic carbocycles. The van der Waals surface area contributed by atoms with E-state index in [0.717, 1.165) is 11.5 Å². The fourth-order valence-electron chi connectivity index (χ4n) is 1.72. The molecule has 0 heterocycles. The first-order valence-electron chi connectivity index (χ1n) is 5.99. The maximum atomic E-state index is 9.88. The number of aliphatic hydroxyl groups is 1. The zero-order valence-corrected chi connectivity index (χ0v) is 11.6. The third kappa shape index (κ3) is 5.69.